The predicted molar refractivity (Wildman–Crippen MR) is 245 cm³/mol. The van der Waals surface area contributed by atoms with Crippen LogP contribution in [0, 0.1) is 75.8 Å². The second-order valence-electron chi connectivity index (χ2n) is 17.0. The number of carbonyl (C=O) groups excluding carboxylic acids is 2. The van der Waals surface area contributed by atoms with Gasteiger partial charge in [-0.2, -0.15) is 10.5 Å². The summed E-state index contributed by atoms with van der Waals surface area (Å²) in [5.74, 6) is -1.81. The van der Waals surface area contributed by atoms with Gasteiger partial charge in [-0.3, -0.25) is 9.59 Å². The minimum absolute atomic E-state index is 0.136. The number of ether oxygens (including phenoxy) is 2. The molecule has 0 spiro atoms. The molecule has 0 unspecified atom stereocenters. The van der Waals surface area contributed by atoms with E-state index in [9.17, 15) is 18.4 Å². The zero-order chi connectivity index (χ0) is 46.9. The first-order chi connectivity index (χ1) is 28.9. The van der Waals surface area contributed by atoms with Crippen LogP contribution in [0.5, 0.6) is 0 Å². The maximum atomic E-state index is 14.7. The summed E-state index contributed by atoms with van der Waals surface area (Å²) in [4.78, 5) is 23.5. The van der Waals surface area contributed by atoms with E-state index < -0.39 is 18.3 Å². The minimum atomic E-state index is -0.558. The Labute approximate surface area is 376 Å². The predicted octanol–water partition coefficient (Wildman–Crippen LogP) is 11.8. The highest BCUT2D eigenvalue weighted by molar-refractivity contribution is 9.10. The number of halogens is 3. The molecule has 0 bridgehead atoms. The van der Waals surface area contributed by atoms with E-state index in [1.807, 2.05) is 106 Å². The monoisotopic (exact) mass is 912 g/mol. The Morgan fingerprint density at radius 2 is 1.05 bits per heavy atom. The molecular formula is C50H60BBrF2N2O6. The molecule has 62 heavy (non-hydrogen) atoms. The molecule has 12 heteroatoms. The lowest BCUT2D eigenvalue weighted by atomic mass is 9.76. The van der Waals surface area contributed by atoms with Gasteiger partial charge in [0.2, 0.25) is 0 Å². The third-order valence-electron chi connectivity index (χ3n) is 11.2. The van der Waals surface area contributed by atoms with Crippen molar-refractivity contribution in [1.82, 2.24) is 0 Å². The molecule has 0 aromatic heterocycles. The van der Waals surface area contributed by atoms with Crippen LogP contribution in [0.3, 0.4) is 0 Å². The zero-order valence-electron chi connectivity index (χ0n) is 38.7. The molecule has 330 valence electrons. The lowest BCUT2D eigenvalue weighted by Gasteiger charge is -2.32. The average molecular weight is 914 g/mol. The molecular weight excluding hydrogens is 853 g/mol. The topological polar surface area (TPSA) is 119 Å². The Morgan fingerprint density at radius 1 is 0.661 bits per heavy atom. The summed E-state index contributed by atoms with van der Waals surface area (Å²) in [6.45, 7) is 27.0. The SMILES string of the molecule is CCOC(=O)C[C@H](C)c1cc(-c2c(C)cc(C#N)cc2C)cc(C)c1F.CCOC(=O)C[C@H](C)c1cc(B2OC(C)(C)C(C)(C)O2)cc(C)c1F.Cc1cc(C#N)cc(C)c1Br. The largest absolute Gasteiger partial charge is 0.494 e. The van der Waals surface area contributed by atoms with E-state index in [4.69, 9.17) is 29.3 Å². The minimum Gasteiger partial charge on any atom is -0.466 e. The van der Waals surface area contributed by atoms with E-state index in [0.717, 1.165) is 48.9 Å². The Bertz CT molecular complexity index is 2300. The van der Waals surface area contributed by atoms with Crippen LogP contribution in [-0.4, -0.2) is 43.5 Å². The van der Waals surface area contributed by atoms with E-state index in [-0.39, 0.29) is 48.3 Å². The van der Waals surface area contributed by atoms with Gasteiger partial charge < -0.3 is 18.8 Å². The number of carbonyl (C=O) groups is 2. The van der Waals surface area contributed by atoms with Gasteiger partial charge in [-0.15, -0.1) is 0 Å². The highest BCUT2D eigenvalue weighted by atomic mass is 79.9. The van der Waals surface area contributed by atoms with E-state index in [1.54, 1.807) is 39.8 Å². The molecule has 1 aliphatic rings. The molecule has 1 aliphatic heterocycles. The van der Waals surface area contributed by atoms with E-state index in [0.29, 0.717) is 41.0 Å². The van der Waals surface area contributed by atoms with Crippen molar-refractivity contribution in [1.29, 1.82) is 10.5 Å². The van der Waals surface area contributed by atoms with E-state index in [2.05, 4.69) is 28.1 Å². The quantitative estimate of drug-likeness (QED) is 0.114. The molecule has 4 aromatic carbocycles. The summed E-state index contributed by atoms with van der Waals surface area (Å²) in [6.07, 6.45) is 0.274. The van der Waals surface area contributed by atoms with Crippen molar-refractivity contribution in [3.05, 3.63) is 120 Å². The third-order valence-corrected chi connectivity index (χ3v) is 12.5. The fourth-order valence-electron chi connectivity index (χ4n) is 7.25. The molecule has 1 heterocycles. The van der Waals surface area contributed by atoms with Crippen molar-refractivity contribution < 1.29 is 37.2 Å². The first kappa shape index (κ1) is 51.5. The number of hydrogen-bond acceptors (Lipinski definition) is 8. The normalized spacial score (nSPS) is 14.5. The molecule has 0 aliphatic carbocycles. The molecule has 0 radical (unpaired) electrons. The molecule has 4 aromatic rings. The van der Waals surface area contributed by atoms with E-state index in [1.165, 1.54) is 0 Å². The number of aryl methyl sites for hydroxylation is 6. The van der Waals surface area contributed by atoms with Gasteiger partial charge >= 0.3 is 19.1 Å². The first-order valence-electron chi connectivity index (χ1n) is 20.9. The summed E-state index contributed by atoms with van der Waals surface area (Å²) in [6, 6.07) is 18.8. The third kappa shape index (κ3) is 12.8. The van der Waals surface area contributed by atoms with Gasteiger partial charge in [-0.25, -0.2) is 8.78 Å². The molecule has 8 nitrogen and oxygen atoms in total. The van der Waals surface area contributed by atoms with Crippen molar-refractivity contribution >= 4 is 40.4 Å². The van der Waals surface area contributed by atoms with Crippen LogP contribution in [0.25, 0.3) is 11.1 Å². The van der Waals surface area contributed by atoms with Crippen molar-refractivity contribution in [2.75, 3.05) is 13.2 Å². The maximum absolute atomic E-state index is 14.7. The Balaban J connectivity index is 0.000000267. The second kappa shape index (κ2) is 22.0. The van der Waals surface area contributed by atoms with Gasteiger partial charge in [0.25, 0.3) is 0 Å². The molecule has 2 atom stereocenters. The van der Waals surface area contributed by atoms with Crippen LogP contribution in [-0.2, 0) is 28.4 Å². The van der Waals surface area contributed by atoms with Crippen molar-refractivity contribution in [3.63, 3.8) is 0 Å². The van der Waals surface area contributed by atoms with Gasteiger partial charge in [0.15, 0.2) is 0 Å². The molecule has 0 saturated carbocycles. The van der Waals surface area contributed by atoms with Crippen LogP contribution < -0.4 is 5.46 Å². The molecule has 5 rings (SSSR count). The molecule has 0 amide bonds. The van der Waals surface area contributed by atoms with Crippen molar-refractivity contribution in [2.45, 2.75) is 133 Å². The Hall–Kier alpha value is -4.88. The van der Waals surface area contributed by atoms with Gasteiger partial charge in [0.1, 0.15) is 11.6 Å². The van der Waals surface area contributed by atoms with Crippen LogP contribution in [0.2, 0.25) is 0 Å². The van der Waals surface area contributed by atoms with Crippen molar-refractivity contribution in [3.8, 4) is 23.3 Å². The van der Waals surface area contributed by atoms with Gasteiger partial charge in [0.05, 0.1) is 60.5 Å². The first-order valence-corrected chi connectivity index (χ1v) is 21.7. The summed E-state index contributed by atoms with van der Waals surface area (Å²) in [5, 5.41) is 17.7. The summed E-state index contributed by atoms with van der Waals surface area (Å²) >= 11 is 3.43. The molecule has 1 fully saturated rings. The highest BCUT2D eigenvalue weighted by Gasteiger charge is 2.52. The number of nitriles is 2. The van der Waals surface area contributed by atoms with Gasteiger partial charge in [-0.05, 0) is 192 Å². The number of benzene rings is 4. The number of nitrogens with zero attached hydrogens (tertiary/aromatic N) is 2. The van der Waals surface area contributed by atoms with E-state index >= 15 is 0 Å². The number of hydrogen-bond donors (Lipinski definition) is 0. The van der Waals surface area contributed by atoms with Crippen LogP contribution >= 0.6 is 15.9 Å². The molecule has 1 saturated heterocycles. The maximum Gasteiger partial charge on any atom is 0.494 e. The van der Waals surface area contributed by atoms with Crippen molar-refractivity contribution in [2.24, 2.45) is 0 Å². The van der Waals surface area contributed by atoms with Gasteiger partial charge in [-0.1, -0.05) is 41.9 Å². The van der Waals surface area contributed by atoms with Crippen LogP contribution in [0.15, 0.2) is 53.0 Å². The zero-order valence-corrected chi connectivity index (χ0v) is 40.2. The van der Waals surface area contributed by atoms with Crippen LogP contribution in [0.1, 0.15) is 136 Å². The van der Waals surface area contributed by atoms with Gasteiger partial charge in [0, 0.05) is 4.47 Å². The lowest BCUT2D eigenvalue weighted by molar-refractivity contribution is -0.144. The smallest absolute Gasteiger partial charge is 0.466 e. The fourth-order valence-corrected chi connectivity index (χ4v) is 7.48. The average Bonchev–Trinajstić information content (AvgIpc) is 3.41. The Morgan fingerprint density at radius 3 is 1.45 bits per heavy atom. The van der Waals surface area contributed by atoms with Crippen LogP contribution in [0.4, 0.5) is 8.78 Å². The summed E-state index contributed by atoms with van der Waals surface area (Å²) < 4.78 is 52.5. The standard InChI is InChI=1S/C22H24FNO2.C19H28BFO4.C9H8BrN/c1-6-26-20(25)10-13(2)19-11-18(9-16(5)22(19)23)21-14(3)7-17(12-24)8-15(21)4;1-8-23-16(22)10-12(2)15-11-14(9-13(3)17(15)21)20-24-18(4,5)19(6,7)25-20;1-6-3-8(5-11)4-7(2)9(6)10/h7-9,11,13H,6,10H2,1-5H3;9,11-12H,8,10H2,1-7H3;3-4H,1-2H3/t13-;12-;/m00./s1. The second-order valence-corrected chi connectivity index (χ2v) is 17.8. The number of esters is 2. The Kier molecular flexibility index (Phi) is 18.2. The summed E-state index contributed by atoms with van der Waals surface area (Å²) in [7, 11) is -0.558. The molecule has 0 N–H and O–H groups in total. The number of rotatable bonds is 10. The lowest BCUT2D eigenvalue weighted by Crippen LogP contribution is -2.41. The highest BCUT2D eigenvalue weighted by Crippen LogP contribution is 2.38. The fraction of sp³-hybridized carbons (Fsp3) is 0.440. The summed E-state index contributed by atoms with van der Waals surface area (Å²) in [5.41, 5.74) is 9.28.